The van der Waals surface area contributed by atoms with Gasteiger partial charge in [0.2, 0.25) is 0 Å². The van der Waals surface area contributed by atoms with Crippen LogP contribution in [0.4, 0.5) is 11.4 Å². The maximum absolute atomic E-state index is 3.70. The third-order valence-corrected chi connectivity index (χ3v) is 4.02. The van der Waals surface area contributed by atoms with E-state index < -0.39 is 0 Å². The highest BCUT2D eigenvalue weighted by Gasteiger charge is 2.33. The highest BCUT2D eigenvalue weighted by molar-refractivity contribution is 5.85. The second-order valence-corrected chi connectivity index (χ2v) is 4.98. The first-order valence-corrected chi connectivity index (χ1v) is 6.73. The summed E-state index contributed by atoms with van der Waals surface area (Å²) in [5, 5.41) is 7.15. The van der Waals surface area contributed by atoms with E-state index in [9.17, 15) is 0 Å². The number of para-hydroxylation sites is 2. The molecule has 1 fully saturated rings. The number of anilines is 2. The Labute approximate surface area is 115 Å². The molecule has 100 valence electrons. The molecule has 0 aromatic heterocycles. The van der Waals surface area contributed by atoms with Crippen molar-refractivity contribution in [3.05, 3.63) is 24.3 Å². The molecule has 2 N–H and O–H groups in total. The third kappa shape index (κ3) is 2.29. The Morgan fingerprint density at radius 2 is 1.94 bits per heavy atom. The molecule has 2 heterocycles. The average molecular weight is 268 g/mol. The topological polar surface area (TPSA) is 27.3 Å². The van der Waals surface area contributed by atoms with Crippen LogP contribution >= 0.6 is 12.4 Å². The van der Waals surface area contributed by atoms with Crippen LogP contribution < -0.4 is 15.5 Å². The molecule has 0 spiro atoms. The summed E-state index contributed by atoms with van der Waals surface area (Å²) in [5.41, 5.74) is 2.68. The highest BCUT2D eigenvalue weighted by atomic mass is 35.5. The number of nitrogens with one attached hydrogen (secondary N) is 2. The summed E-state index contributed by atoms with van der Waals surface area (Å²) < 4.78 is 0. The molecule has 18 heavy (non-hydrogen) atoms. The Balaban J connectivity index is 0.00000120. The van der Waals surface area contributed by atoms with E-state index >= 15 is 0 Å². The van der Waals surface area contributed by atoms with E-state index in [4.69, 9.17) is 0 Å². The lowest BCUT2D eigenvalue weighted by atomic mass is 9.94. The molecule has 1 saturated heterocycles. The van der Waals surface area contributed by atoms with Gasteiger partial charge in [-0.25, -0.2) is 0 Å². The van der Waals surface area contributed by atoms with E-state index in [-0.39, 0.29) is 12.4 Å². The van der Waals surface area contributed by atoms with Crippen molar-refractivity contribution in [2.75, 3.05) is 29.9 Å². The molecule has 0 radical (unpaired) electrons. The van der Waals surface area contributed by atoms with Gasteiger partial charge in [0.15, 0.2) is 0 Å². The Bertz CT molecular complexity index is 390. The molecular formula is C14H22ClN3. The zero-order valence-electron chi connectivity index (χ0n) is 10.9. The molecule has 0 amide bonds. The van der Waals surface area contributed by atoms with Crippen LogP contribution in [0.15, 0.2) is 24.3 Å². The zero-order valence-corrected chi connectivity index (χ0v) is 11.7. The van der Waals surface area contributed by atoms with Crippen LogP contribution in [0.1, 0.15) is 19.8 Å². The first-order valence-electron chi connectivity index (χ1n) is 6.73. The van der Waals surface area contributed by atoms with Gasteiger partial charge in [0, 0.05) is 12.5 Å². The van der Waals surface area contributed by atoms with Crippen molar-refractivity contribution in [3.8, 4) is 0 Å². The van der Waals surface area contributed by atoms with Crippen LogP contribution in [-0.4, -0.2) is 25.8 Å². The van der Waals surface area contributed by atoms with Crippen LogP contribution in [0.5, 0.6) is 0 Å². The number of halogens is 1. The number of hydrogen-bond donors (Lipinski definition) is 2. The van der Waals surface area contributed by atoms with E-state index in [0.29, 0.717) is 6.17 Å². The van der Waals surface area contributed by atoms with Gasteiger partial charge in [-0.1, -0.05) is 12.1 Å². The molecule has 0 saturated carbocycles. The molecule has 2 aliphatic rings. The van der Waals surface area contributed by atoms with Gasteiger partial charge < -0.3 is 15.5 Å². The molecule has 1 atom stereocenters. The van der Waals surface area contributed by atoms with Gasteiger partial charge in [0.05, 0.1) is 11.4 Å². The standard InChI is InChI=1S/C14H21N3.ClH/c1-2-17-13-6-4-3-5-12(13)16-14(17)11-7-9-15-10-8-11;/h3-6,11,14-16H,2,7-10H2,1H3;1H. The van der Waals surface area contributed by atoms with E-state index in [0.717, 1.165) is 25.6 Å². The molecule has 1 aromatic rings. The summed E-state index contributed by atoms with van der Waals surface area (Å²) in [7, 11) is 0. The summed E-state index contributed by atoms with van der Waals surface area (Å²) in [6, 6.07) is 8.67. The van der Waals surface area contributed by atoms with Crippen molar-refractivity contribution < 1.29 is 0 Å². The molecule has 2 aliphatic heterocycles. The van der Waals surface area contributed by atoms with Crippen LogP contribution in [-0.2, 0) is 0 Å². The van der Waals surface area contributed by atoms with E-state index in [1.807, 2.05) is 0 Å². The van der Waals surface area contributed by atoms with Gasteiger partial charge >= 0.3 is 0 Å². The third-order valence-electron chi connectivity index (χ3n) is 4.02. The van der Waals surface area contributed by atoms with Gasteiger partial charge in [-0.15, -0.1) is 12.4 Å². The Hall–Kier alpha value is -0.930. The second kappa shape index (κ2) is 5.81. The van der Waals surface area contributed by atoms with Crippen LogP contribution in [0.3, 0.4) is 0 Å². The lowest BCUT2D eigenvalue weighted by Crippen LogP contribution is -2.45. The van der Waals surface area contributed by atoms with Gasteiger partial charge in [-0.3, -0.25) is 0 Å². The van der Waals surface area contributed by atoms with Crippen molar-refractivity contribution >= 4 is 23.8 Å². The summed E-state index contributed by atoms with van der Waals surface area (Å²) in [6.45, 7) is 5.66. The summed E-state index contributed by atoms with van der Waals surface area (Å²) in [4.78, 5) is 2.52. The number of benzene rings is 1. The monoisotopic (exact) mass is 267 g/mol. The van der Waals surface area contributed by atoms with Crippen molar-refractivity contribution in [1.82, 2.24) is 5.32 Å². The number of rotatable bonds is 2. The normalized spacial score (nSPS) is 23.2. The van der Waals surface area contributed by atoms with Crippen LogP contribution in [0.2, 0.25) is 0 Å². The fourth-order valence-electron chi connectivity index (χ4n) is 3.13. The number of hydrogen-bond acceptors (Lipinski definition) is 3. The van der Waals surface area contributed by atoms with Crippen molar-refractivity contribution in [2.24, 2.45) is 5.92 Å². The minimum Gasteiger partial charge on any atom is -0.363 e. The molecule has 1 unspecified atom stereocenters. The van der Waals surface area contributed by atoms with E-state index in [1.165, 1.54) is 24.2 Å². The maximum Gasteiger partial charge on any atom is 0.102 e. The first kappa shape index (κ1) is 13.5. The van der Waals surface area contributed by atoms with E-state index in [1.54, 1.807) is 0 Å². The highest BCUT2D eigenvalue weighted by Crippen LogP contribution is 2.38. The SMILES string of the molecule is CCN1c2ccccc2NC1C1CCNCC1.Cl. The average Bonchev–Trinajstić information content (AvgIpc) is 2.78. The van der Waals surface area contributed by atoms with Gasteiger partial charge in [-0.05, 0) is 45.0 Å². The van der Waals surface area contributed by atoms with Crippen molar-refractivity contribution in [2.45, 2.75) is 25.9 Å². The van der Waals surface area contributed by atoms with Crippen LogP contribution in [0, 0.1) is 5.92 Å². The Morgan fingerprint density at radius 1 is 1.22 bits per heavy atom. The van der Waals surface area contributed by atoms with Gasteiger partial charge in [0.25, 0.3) is 0 Å². The largest absolute Gasteiger partial charge is 0.363 e. The molecule has 4 heteroatoms. The minimum atomic E-state index is 0. The summed E-state index contributed by atoms with van der Waals surface area (Å²) in [5.74, 6) is 0.767. The number of fused-ring (bicyclic) bond motifs is 1. The second-order valence-electron chi connectivity index (χ2n) is 4.98. The number of nitrogens with zero attached hydrogens (tertiary/aromatic N) is 1. The van der Waals surface area contributed by atoms with Crippen LogP contribution in [0.25, 0.3) is 0 Å². The fourth-order valence-corrected chi connectivity index (χ4v) is 3.13. The quantitative estimate of drug-likeness (QED) is 0.863. The molecule has 3 rings (SSSR count). The lowest BCUT2D eigenvalue weighted by Gasteiger charge is -2.34. The van der Waals surface area contributed by atoms with Gasteiger partial charge in [-0.2, -0.15) is 0 Å². The first-order chi connectivity index (χ1) is 8.40. The van der Waals surface area contributed by atoms with Crippen molar-refractivity contribution in [1.29, 1.82) is 0 Å². The van der Waals surface area contributed by atoms with E-state index in [2.05, 4.69) is 46.7 Å². The van der Waals surface area contributed by atoms with Crippen molar-refractivity contribution in [3.63, 3.8) is 0 Å². The Kier molecular flexibility index (Phi) is 4.36. The smallest absolute Gasteiger partial charge is 0.102 e. The minimum absolute atomic E-state index is 0. The molecule has 0 aliphatic carbocycles. The number of piperidine rings is 1. The predicted octanol–water partition coefficient (Wildman–Crippen LogP) is 2.69. The molecular weight excluding hydrogens is 246 g/mol. The molecule has 0 bridgehead atoms. The summed E-state index contributed by atoms with van der Waals surface area (Å²) >= 11 is 0. The lowest BCUT2D eigenvalue weighted by molar-refractivity contribution is 0.330. The Morgan fingerprint density at radius 3 is 2.67 bits per heavy atom. The zero-order chi connectivity index (χ0) is 11.7. The maximum atomic E-state index is 3.70. The van der Waals surface area contributed by atoms with Gasteiger partial charge in [0.1, 0.15) is 6.17 Å². The summed E-state index contributed by atoms with van der Waals surface area (Å²) in [6.07, 6.45) is 3.06. The predicted molar refractivity (Wildman–Crippen MR) is 79.7 cm³/mol. The molecule has 3 nitrogen and oxygen atoms in total. The fraction of sp³-hybridized carbons (Fsp3) is 0.571. The molecule has 1 aromatic carbocycles.